The van der Waals surface area contributed by atoms with E-state index in [1.165, 1.54) is 12.1 Å². The molecule has 0 unspecified atom stereocenters. The summed E-state index contributed by atoms with van der Waals surface area (Å²) in [5.74, 6) is -5.88. The van der Waals surface area contributed by atoms with Crippen LogP contribution in [0.3, 0.4) is 0 Å². The first-order chi connectivity index (χ1) is 13.8. The van der Waals surface area contributed by atoms with E-state index in [-0.39, 0.29) is 12.4 Å². The molecular weight excluding hydrogens is 395 g/mol. The van der Waals surface area contributed by atoms with E-state index < -0.39 is 54.0 Å². The molecule has 29 heavy (non-hydrogen) atoms. The fraction of sp³-hybridized carbons (Fsp3) is 0.167. The second-order valence-electron chi connectivity index (χ2n) is 5.80. The van der Waals surface area contributed by atoms with E-state index in [9.17, 15) is 27.6 Å². The summed E-state index contributed by atoms with van der Waals surface area (Å²) >= 11 is 0. The van der Waals surface area contributed by atoms with E-state index in [1.807, 2.05) is 5.32 Å². The molecule has 0 radical (unpaired) electrons. The van der Waals surface area contributed by atoms with E-state index >= 15 is 0 Å². The zero-order valence-electron chi connectivity index (χ0n) is 14.7. The maximum Gasteiger partial charge on any atom is 0.251 e. The van der Waals surface area contributed by atoms with Crippen LogP contribution in [0.4, 0.5) is 18.9 Å². The number of ether oxygens (including phenoxy) is 2. The van der Waals surface area contributed by atoms with E-state index in [0.717, 1.165) is 6.07 Å². The number of carbonyl (C=O) groups is 3. The Kier molecular flexibility index (Phi) is 5.86. The van der Waals surface area contributed by atoms with Crippen molar-refractivity contribution >= 4 is 23.4 Å². The molecule has 1 aliphatic rings. The summed E-state index contributed by atoms with van der Waals surface area (Å²) in [6.07, 6.45) is 0. The Hall–Kier alpha value is -3.76. The molecule has 0 saturated heterocycles. The number of hydrogen-bond donors (Lipinski definition) is 3. The average Bonchev–Trinajstić information content (AvgIpc) is 3.18. The minimum Gasteiger partial charge on any atom is -0.454 e. The smallest absolute Gasteiger partial charge is 0.251 e. The number of amides is 3. The quantitative estimate of drug-likeness (QED) is 0.624. The minimum absolute atomic E-state index is 0.0549. The Labute approximate surface area is 162 Å². The van der Waals surface area contributed by atoms with Gasteiger partial charge in [-0.15, -0.1) is 0 Å². The van der Waals surface area contributed by atoms with Crippen LogP contribution in [0.2, 0.25) is 0 Å². The summed E-state index contributed by atoms with van der Waals surface area (Å²) in [6, 6.07) is 6.00. The molecule has 1 heterocycles. The first kappa shape index (κ1) is 20.0. The molecular formula is C18H14F3N3O5. The molecule has 11 heteroatoms. The molecule has 0 atom stereocenters. The van der Waals surface area contributed by atoms with Crippen molar-refractivity contribution in [1.82, 2.24) is 10.6 Å². The van der Waals surface area contributed by atoms with Gasteiger partial charge in [0.25, 0.3) is 5.91 Å². The Bertz CT molecular complexity index is 983. The number of benzene rings is 2. The van der Waals surface area contributed by atoms with Gasteiger partial charge in [0.05, 0.1) is 18.8 Å². The molecule has 2 aromatic carbocycles. The van der Waals surface area contributed by atoms with Gasteiger partial charge in [-0.05, 0) is 30.3 Å². The SMILES string of the molecule is O=C(CNC(=O)c1ccc2c(c1)OCO2)NCC(=O)Nc1ccc(F)c(F)c1F. The number of carbonyl (C=O) groups excluding carboxylic acids is 3. The van der Waals surface area contributed by atoms with Crippen LogP contribution in [-0.2, 0) is 9.59 Å². The molecule has 2 aromatic rings. The zero-order chi connectivity index (χ0) is 21.0. The molecule has 0 bridgehead atoms. The van der Waals surface area contributed by atoms with E-state index in [2.05, 4.69) is 10.6 Å². The summed E-state index contributed by atoms with van der Waals surface area (Å²) in [7, 11) is 0. The van der Waals surface area contributed by atoms with Crippen LogP contribution in [0.25, 0.3) is 0 Å². The van der Waals surface area contributed by atoms with Gasteiger partial charge in [-0.2, -0.15) is 0 Å². The van der Waals surface area contributed by atoms with Crippen molar-refractivity contribution in [3.63, 3.8) is 0 Å². The molecule has 0 saturated carbocycles. The van der Waals surface area contributed by atoms with Crippen molar-refractivity contribution in [2.24, 2.45) is 0 Å². The third-order valence-electron chi connectivity index (χ3n) is 3.80. The third kappa shape index (κ3) is 4.75. The first-order valence-electron chi connectivity index (χ1n) is 8.23. The van der Waals surface area contributed by atoms with Crippen LogP contribution in [0, 0.1) is 17.5 Å². The third-order valence-corrected chi connectivity index (χ3v) is 3.80. The van der Waals surface area contributed by atoms with Crippen LogP contribution in [-0.4, -0.2) is 37.6 Å². The topological polar surface area (TPSA) is 106 Å². The van der Waals surface area contributed by atoms with E-state index in [4.69, 9.17) is 9.47 Å². The highest BCUT2D eigenvalue weighted by Gasteiger charge is 2.18. The highest BCUT2D eigenvalue weighted by Crippen LogP contribution is 2.32. The predicted molar refractivity (Wildman–Crippen MR) is 92.9 cm³/mol. The van der Waals surface area contributed by atoms with Crippen LogP contribution >= 0.6 is 0 Å². The van der Waals surface area contributed by atoms with Crippen LogP contribution in [0.15, 0.2) is 30.3 Å². The Balaban J connectivity index is 1.44. The van der Waals surface area contributed by atoms with Gasteiger partial charge in [0.2, 0.25) is 18.6 Å². The predicted octanol–water partition coefficient (Wildman–Crippen LogP) is 1.32. The molecule has 0 spiro atoms. The van der Waals surface area contributed by atoms with Crippen molar-refractivity contribution in [2.45, 2.75) is 0 Å². The molecule has 0 aliphatic carbocycles. The molecule has 3 N–H and O–H groups in total. The van der Waals surface area contributed by atoms with Gasteiger partial charge in [-0.3, -0.25) is 14.4 Å². The van der Waals surface area contributed by atoms with Crippen LogP contribution in [0.5, 0.6) is 11.5 Å². The number of nitrogens with one attached hydrogen (secondary N) is 3. The van der Waals surface area contributed by atoms with Gasteiger partial charge < -0.3 is 25.4 Å². The second kappa shape index (κ2) is 8.50. The van der Waals surface area contributed by atoms with Gasteiger partial charge in [0.15, 0.2) is 29.0 Å². The van der Waals surface area contributed by atoms with Crippen molar-refractivity contribution < 1.29 is 37.0 Å². The largest absolute Gasteiger partial charge is 0.454 e. The summed E-state index contributed by atoms with van der Waals surface area (Å²) < 4.78 is 49.8. The fourth-order valence-corrected chi connectivity index (χ4v) is 2.36. The summed E-state index contributed by atoms with van der Waals surface area (Å²) in [6.45, 7) is -0.948. The lowest BCUT2D eigenvalue weighted by molar-refractivity contribution is -0.123. The number of hydrogen-bond acceptors (Lipinski definition) is 5. The van der Waals surface area contributed by atoms with Gasteiger partial charge >= 0.3 is 0 Å². The number of fused-ring (bicyclic) bond motifs is 1. The van der Waals surface area contributed by atoms with Crippen molar-refractivity contribution in [3.05, 3.63) is 53.3 Å². The molecule has 152 valence electrons. The van der Waals surface area contributed by atoms with E-state index in [0.29, 0.717) is 17.6 Å². The zero-order valence-corrected chi connectivity index (χ0v) is 14.7. The fourth-order valence-electron chi connectivity index (χ4n) is 2.36. The summed E-state index contributed by atoms with van der Waals surface area (Å²) in [4.78, 5) is 35.5. The van der Waals surface area contributed by atoms with E-state index in [1.54, 1.807) is 6.07 Å². The van der Waals surface area contributed by atoms with Gasteiger partial charge in [0, 0.05) is 5.56 Å². The first-order valence-corrected chi connectivity index (χ1v) is 8.23. The van der Waals surface area contributed by atoms with Crippen molar-refractivity contribution in [3.8, 4) is 11.5 Å². The Morgan fingerprint density at radius 2 is 1.59 bits per heavy atom. The van der Waals surface area contributed by atoms with Crippen molar-refractivity contribution in [1.29, 1.82) is 0 Å². The molecule has 1 aliphatic heterocycles. The lowest BCUT2D eigenvalue weighted by atomic mass is 10.2. The molecule has 0 aromatic heterocycles. The van der Waals surface area contributed by atoms with Crippen LogP contribution in [0.1, 0.15) is 10.4 Å². The second-order valence-corrected chi connectivity index (χ2v) is 5.80. The minimum atomic E-state index is -1.72. The lowest BCUT2D eigenvalue weighted by Gasteiger charge is -2.09. The van der Waals surface area contributed by atoms with Crippen LogP contribution < -0.4 is 25.4 Å². The monoisotopic (exact) mass is 409 g/mol. The lowest BCUT2D eigenvalue weighted by Crippen LogP contribution is -2.40. The summed E-state index contributed by atoms with van der Waals surface area (Å²) in [5, 5.41) is 6.55. The van der Waals surface area contributed by atoms with Gasteiger partial charge in [-0.25, -0.2) is 13.2 Å². The average molecular weight is 409 g/mol. The molecule has 8 nitrogen and oxygen atoms in total. The molecule has 3 rings (SSSR count). The van der Waals surface area contributed by atoms with Crippen molar-refractivity contribution in [2.75, 3.05) is 25.2 Å². The number of halogens is 3. The maximum absolute atomic E-state index is 13.5. The maximum atomic E-state index is 13.5. The normalized spacial score (nSPS) is 11.7. The Morgan fingerprint density at radius 1 is 0.862 bits per heavy atom. The highest BCUT2D eigenvalue weighted by molar-refractivity contribution is 5.98. The molecule has 0 fully saturated rings. The standard InChI is InChI=1S/C18H14F3N3O5/c19-10-2-3-11(17(21)16(10)20)24-15(26)7-22-14(25)6-23-18(27)9-1-4-12-13(5-9)29-8-28-12/h1-5H,6-8H2,(H,22,25)(H,23,27)(H,24,26). The number of anilines is 1. The van der Waals surface area contributed by atoms with Gasteiger partial charge in [-0.1, -0.05) is 0 Å². The van der Waals surface area contributed by atoms with Gasteiger partial charge in [0.1, 0.15) is 0 Å². The Morgan fingerprint density at radius 3 is 2.38 bits per heavy atom. The highest BCUT2D eigenvalue weighted by atomic mass is 19.2. The number of rotatable bonds is 6. The summed E-state index contributed by atoms with van der Waals surface area (Å²) in [5.41, 5.74) is -0.326. The molecule has 3 amide bonds.